The van der Waals surface area contributed by atoms with Gasteiger partial charge in [0, 0.05) is 5.92 Å². The molecule has 0 saturated carbocycles. The third-order valence-electron chi connectivity index (χ3n) is 5.30. The molecule has 1 N–H and O–H groups in total. The quantitative estimate of drug-likeness (QED) is 0.838. The molecule has 0 radical (unpaired) electrons. The van der Waals surface area contributed by atoms with Crippen LogP contribution in [0.5, 0.6) is 11.5 Å². The first-order chi connectivity index (χ1) is 10.0. The van der Waals surface area contributed by atoms with E-state index in [0.717, 1.165) is 12.2 Å². The number of hydrogen-bond donors (Lipinski definition) is 1. The second-order valence-corrected chi connectivity index (χ2v) is 6.50. The molecule has 3 nitrogen and oxygen atoms in total. The molecule has 21 heavy (non-hydrogen) atoms. The zero-order valence-electron chi connectivity index (χ0n) is 13.2. The van der Waals surface area contributed by atoms with E-state index >= 15 is 0 Å². The van der Waals surface area contributed by atoms with Crippen LogP contribution >= 0.6 is 0 Å². The van der Waals surface area contributed by atoms with E-state index in [4.69, 9.17) is 9.47 Å². The van der Waals surface area contributed by atoms with Crippen LogP contribution in [0.15, 0.2) is 29.8 Å². The minimum Gasteiger partial charge on any atom is -0.504 e. The molecule has 5 atom stereocenters. The Morgan fingerprint density at radius 2 is 2.05 bits per heavy atom. The summed E-state index contributed by atoms with van der Waals surface area (Å²) in [6.07, 6.45) is 2.46. The van der Waals surface area contributed by atoms with E-state index < -0.39 is 0 Å². The van der Waals surface area contributed by atoms with Gasteiger partial charge in [0.15, 0.2) is 11.5 Å². The van der Waals surface area contributed by atoms with Gasteiger partial charge in [-0.3, -0.25) is 0 Å². The first-order valence-electron chi connectivity index (χ1n) is 7.69. The summed E-state index contributed by atoms with van der Waals surface area (Å²) in [5, 5.41) is 9.77. The van der Waals surface area contributed by atoms with E-state index in [1.54, 1.807) is 13.2 Å². The molecule has 1 aromatic carbocycles. The summed E-state index contributed by atoms with van der Waals surface area (Å²) in [7, 11) is 1.58. The van der Waals surface area contributed by atoms with Gasteiger partial charge in [0.1, 0.15) is 0 Å². The zero-order chi connectivity index (χ0) is 15.1. The van der Waals surface area contributed by atoms with E-state index in [1.807, 2.05) is 12.1 Å². The Hall–Kier alpha value is -1.48. The van der Waals surface area contributed by atoms with Crippen molar-refractivity contribution in [1.82, 2.24) is 0 Å². The van der Waals surface area contributed by atoms with E-state index in [0.29, 0.717) is 29.4 Å². The number of benzene rings is 1. The predicted octanol–water partition coefficient (Wildman–Crippen LogP) is 3.94. The van der Waals surface area contributed by atoms with Crippen LogP contribution in [0.2, 0.25) is 0 Å². The molecule has 1 saturated heterocycles. The fourth-order valence-corrected chi connectivity index (χ4v) is 4.12. The third-order valence-corrected chi connectivity index (χ3v) is 5.30. The molecule has 114 valence electrons. The number of fused-ring (bicyclic) bond motifs is 2. The highest BCUT2D eigenvalue weighted by Gasteiger charge is 2.43. The van der Waals surface area contributed by atoms with Gasteiger partial charge in [0.2, 0.25) is 0 Å². The number of phenols is 1. The van der Waals surface area contributed by atoms with Crippen molar-refractivity contribution >= 4 is 0 Å². The van der Waals surface area contributed by atoms with Crippen LogP contribution in [0.25, 0.3) is 0 Å². The van der Waals surface area contributed by atoms with Gasteiger partial charge >= 0.3 is 0 Å². The van der Waals surface area contributed by atoms with Gasteiger partial charge in [0.25, 0.3) is 0 Å². The Morgan fingerprint density at radius 3 is 2.76 bits per heavy atom. The molecule has 1 aromatic rings. The summed E-state index contributed by atoms with van der Waals surface area (Å²) in [6, 6.07) is 5.54. The van der Waals surface area contributed by atoms with Crippen molar-refractivity contribution in [2.45, 2.75) is 26.9 Å². The van der Waals surface area contributed by atoms with Crippen molar-refractivity contribution in [3.05, 3.63) is 35.4 Å². The van der Waals surface area contributed by atoms with Crippen LogP contribution in [0.3, 0.4) is 0 Å². The maximum Gasteiger partial charge on any atom is 0.160 e. The highest BCUT2D eigenvalue weighted by molar-refractivity contribution is 5.43. The van der Waals surface area contributed by atoms with Gasteiger partial charge in [-0.15, -0.1) is 0 Å². The van der Waals surface area contributed by atoms with Gasteiger partial charge in [-0.25, -0.2) is 0 Å². The fourth-order valence-electron chi connectivity index (χ4n) is 4.12. The second-order valence-electron chi connectivity index (χ2n) is 6.50. The molecule has 1 aliphatic heterocycles. The molecule has 0 spiro atoms. The van der Waals surface area contributed by atoms with E-state index in [1.165, 1.54) is 5.57 Å². The van der Waals surface area contributed by atoms with Crippen LogP contribution in [-0.4, -0.2) is 18.8 Å². The Bertz CT molecular complexity index is 564. The standard InChI is InChI=1S/C18H24O3/c1-10-7-11(2)17-12(3)14(10)9-21-18(17)13-5-6-15(19)16(8-13)20-4/h5-8,10,12,14,17-19H,9H2,1-4H3/t10-,12+,14-,17+,18-/m1/s1. The van der Waals surface area contributed by atoms with Crippen LogP contribution in [0.1, 0.15) is 32.4 Å². The topological polar surface area (TPSA) is 38.7 Å². The zero-order valence-corrected chi connectivity index (χ0v) is 13.2. The summed E-state index contributed by atoms with van der Waals surface area (Å²) in [4.78, 5) is 0. The van der Waals surface area contributed by atoms with Crippen LogP contribution in [0.4, 0.5) is 0 Å². The molecular formula is C18H24O3. The second kappa shape index (κ2) is 5.38. The largest absolute Gasteiger partial charge is 0.504 e. The average molecular weight is 288 g/mol. The number of hydrogen-bond acceptors (Lipinski definition) is 3. The molecule has 3 rings (SSSR count). The summed E-state index contributed by atoms with van der Waals surface area (Å²) >= 11 is 0. The van der Waals surface area contributed by atoms with Crippen molar-refractivity contribution in [3.8, 4) is 11.5 Å². The lowest BCUT2D eigenvalue weighted by atomic mass is 9.64. The van der Waals surface area contributed by atoms with E-state index in [2.05, 4.69) is 26.8 Å². The Balaban J connectivity index is 1.98. The lowest BCUT2D eigenvalue weighted by Crippen LogP contribution is -2.42. The molecular weight excluding hydrogens is 264 g/mol. The summed E-state index contributed by atoms with van der Waals surface area (Å²) in [6.45, 7) is 7.65. The molecule has 3 heteroatoms. The molecule has 1 heterocycles. The maximum absolute atomic E-state index is 9.77. The lowest BCUT2D eigenvalue weighted by Gasteiger charge is -2.47. The Labute approximate surface area is 126 Å². The van der Waals surface area contributed by atoms with Crippen molar-refractivity contribution in [2.75, 3.05) is 13.7 Å². The Kier molecular flexibility index (Phi) is 3.70. The highest BCUT2D eigenvalue weighted by atomic mass is 16.5. The van der Waals surface area contributed by atoms with Crippen molar-refractivity contribution in [2.24, 2.45) is 23.7 Å². The van der Waals surface area contributed by atoms with Crippen LogP contribution in [0, 0.1) is 23.7 Å². The molecule has 0 aromatic heterocycles. The van der Waals surface area contributed by atoms with Crippen molar-refractivity contribution in [3.63, 3.8) is 0 Å². The first kappa shape index (κ1) is 14.5. The van der Waals surface area contributed by atoms with Crippen LogP contribution in [-0.2, 0) is 4.74 Å². The van der Waals surface area contributed by atoms with E-state index in [-0.39, 0.29) is 11.9 Å². The van der Waals surface area contributed by atoms with E-state index in [9.17, 15) is 5.11 Å². The van der Waals surface area contributed by atoms with Crippen LogP contribution < -0.4 is 4.74 Å². The number of rotatable bonds is 2. The summed E-state index contributed by atoms with van der Waals surface area (Å²) in [5.41, 5.74) is 2.50. The highest BCUT2D eigenvalue weighted by Crippen LogP contribution is 2.50. The minimum absolute atomic E-state index is 0.0505. The smallest absolute Gasteiger partial charge is 0.160 e. The molecule has 0 amide bonds. The average Bonchev–Trinajstić information content (AvgIpc) is 2.45. The van der Waals surface area contributed by atoms with Gasteiger partial charge in [-0.1, -0.05) is 31.6 Å². The third kappa shape index (κ3) is 2.34. The van der Waals surface area contributed by atoms with Gasteiger partial charge < -0.3 is 14.6 Å². The predicted molar refractivity (Wildman–Crippen MR) is 82.4 cm³/mol. The van der Waals surface area contributed by atoms with Crippen molar-refractivity contribution in [1.29, 1.82) is 0 Å². The number of aromatic hydroxyl groups is 1. The Morgan fingerprint density at radius 1 is 1.29 bits per heavy atom. The number of methoxy groups -OCH3 is 1. The summed E-state index contributed by atoms with van der Waals surface area (Å²) < 4.78 is 11.4. The van der Waals surface area contributed by atoms with Gasteiger partial charge in [0.05, 0.1) is 19.8 Å². The van der Waals surface area contributed by atoms with Crippen molar-refractivity contribution < 1.29 is 14.6 Å². The van der Waals surface area contributed by atoms with Gasteiger partial charge in [-0.05, 0) is 42.4 Å². The molecule has 1 aliphatic carbocycles. The summed E-state index contributed by atoms with van der Waals surface area (Å²) in [5.74, 6) is 2.91. The molecule has 0 unspecified atom stereocenters. The number of allylic oxidation sites excluding steroid dienone is 1. The molecule has 1 fully saturated rings. The minimum atomic E-state index is 0.0505. The molecule has 2 aliphatic rings. The fraction of sp³-hybridized carbons (Fsp3) is 0.556. The first-order valence-corrected chi connectivity index (χ1v) is 7.69. The monoisotopic (exact) mass is 288 g/mol. The normalized spacial score (nSPS) is 35.2. The number of phenolic OH excluding ortho intramolecular Hbond substituents is 1. The van der Waals surface area contributed by atoms with Gasteiger partial charge in [-0.2, -0.15) is 0 Å². The lowest BCUT2D eigenvalue weighted by molar-refractivity contribution is -0.0935. The molecule has 2 bridgehead atoms. The SMILES string of the molecule is COc1cc([C@H]2OC[C@H]3[C@H](C)[C@@H]2C(C)=C[C@H]3C)ccc1O. The number of ether oxygens (including phenoxy) is 2. The maximum atomic E-state index is 9.77.